The highest BCUT2D eigenvalue weighted by atomic mass is 35.5. The number of halogens is 2. The molecule has 0 aliphatic carbocycles. The third-order valence-electron chi connectivity index (χ3n) is 3.40. The normalized spacial score (nSPS) is 18.9. The van der Waals surface area contributed by atoms with Crippen LogP contribution in [-0.2, 0) is 4.74 Å². The third kappa shape index (κ3) is 3.90. The molecule has 1 aliphatic heterocycles. The third-order valence-corrected chi connectivity index (χ3v) is 3.97. The first-order valence-corrected chi connectivity index (χ1v) is 7.76. The monoisotopic (exact) mass is 317 g/mol. The van der Waals surface area contributed by atoms with Crippen LogP contribution in [0, 0.1) is 5.92 Å². The Balaban J connectivity index is 2.11. The zero-order chi connectivity index (χ0) is 14.5. The van der Waals surface area contributed by atoms with Crippen molar-refractivity contribution >= 4 is 34.8 Å². The van der Waals surface area contributed by atoms with Crippen molar-refractivity contribution in [1.29, 1.82) is 0 Å². The van der Waals surface area contributed by atoms with Crippen LogP contribution in [0.15, 0.2) is 6.07 Å². The van der Waals surface area contributed by atoms with Gasteiger partial charge in [-0.15, -0.1) is 0 Å². The molecule has 1 atom stereocenters. The SMILES string of the molecule is CCNc1nc(N(C)CC2CCCOC2)c(Cl)cc1Cl. The Morgan fingerprint density at radius 1 is 1.45 bits per heavy atom. The molecule has 112 valence electrons. The molecule has 6 heteroatoms. The predicted molar refractivity (Wildman–Crippen MR) is 85.2 cm³/mol. The molecule has 1 saturated heterocycles. The molecular formula is C14H21Cl2N3O. The van der Waals surface area contributed by atoms with Gasteiger partial charge in [0.25, 0.3) is 0 Å². The van der Waals surface area contributed by atoms with Gasteiger partial charge in [0.15, 0.2) is 0 Å². The molecule has 2 rings (SSSR count). The molecule has 0 amide bonds. The van der Waals surface area contributed by atoms with Crippen LogP contribution in [-0.4, -0.2) is 38.3 Å². The average molecular weight is 318 g/mol. The number of pyridine rings is 1. The van der Waals surface area contributed by atoms with Crippen molar-refractivity contribution in [2.24, 2.45) is 5.92 Å². The van der Waals surface area contributed by atoms with Gasteiger partial charge in [-0.2, -0.15) is 0 Å². The Kier molecular flexibility index (Phi) is 5.75. The van der Waals surface area contributed by atoms with E-state index in [1.54, 1.807) is 6.07 Å². The minimum atomic E-state index is 0.532. The van der Waals surface area contributed by atoms with E-state index >= 15 is 0 Å². The van der Waals surface area contributed by atoms with E-state index in [1.165, 1.54) is 6.42 Å². The Morgan fingerprint density at radius 2 is 2.25 bits per heavy atom. The van der Waals surface area contributed by atoms with Crippen molar-refractivity contribution in [3.63, 3.8) is 0 Å². The standard InChI is InChI=1S/C14H21Cl2N3O/c1-3-17-13-11(15)7-12(16)14(18-13)19(2)8-10-5-4-6-20-9-10/h7,10H,3-6,8-9H2,1-2H3,(H,17,18). The summed E-state index contributed by atoms with van der Waals surface area (Å²) in [5, 5.41) is 4.28. The fraction of sp³-hybridized carbons (Fsp3) is 0.643. The van der Waals surface area contributed by atoms with Gasteiger partial charge in [-0.3, -0.25) is 0 Å². The van der Waals surface area contributed by atoms with Crippen molar-refractivity contribution < 1.29 is 4.74 Å². The molecule has 0 radical (unpaired) electrons. The van der Waals surface area contributed by atoms with Crippen molar-refractivity contribution in [3.05, 3.63) is 16.1 Å². The van der Waals surface area contributed by atoms with Gasteiger partial charge in [0.05, 0.1) is 16.7 Å². The number of nitrogens with zero attached hydrogens (tertiary/aromatic N) is 2. The first kappa shape index (κ1) is 15.7. The van der Waals surface area contributed by atoms with E-state index in [0.29, 0.717) is 21.8 Å². The van der Waals surface area contributed by atoms with Crippen LogP contribution >= 0.6 is 23.2 Å². The second-order valence-electron chi connectivity index (χ2n) is 5.12. The number of ether oxygens (including phenoxy) is 1. The van der Waals surface area contributed by atoms with Gasteiger partial charge in [0.1, 0.15) is 11.6 Å². The number of hydrogen-bond acceptors (Lipinski definition) is 4. The Hall–Kier alpha value is -0.710. The molecule has 1 aromatic rings. The van der Waals surface area contributed by atoms with Crippen molar-refractivity contribution in [3.8, 4) is 0 Å². The zero-order valence-corrected chi connectivity index (χ0v) is 13.5. The van der Waals surface area contributed by atoms with Gasteiger partial charge in [0, 0.05) is 26.7 Å². The quantitative estimate of drug-likeness (QED) is 0.898. The minimum absolute atomic E-state index is 0.532. The van der Waals surface area contributed by atoms with Gasteiger partial charge >= 0.3 is 0 Å². The van der Waals surface area contributed by atoms with Crippen LogP contribution < -0.4 is 10.2 Å². The molecule has 4 nitrogen and oxygen atoms in total. The molecule has 2 heterocycles. The summed E-state index contributed by atoms with van der Waals surface area (Å²) in [4.78, 5) is 6.62. The number of nitrogens with one attached hydrogen (secondary N) is 1. The second-order valence-corrected chi connectivity index (χ2v) is 5.93. The summed E-state index contributed by atoms with van der Waals surface area (Å²) >= 11 is 12.4. The molecule has 1 N–H and O–H groups in total. The number of aromatic nitrogens is 1. The minimum Gasteiger partial charge on any atom is -0.381 e. The number of anilines is 2. The second kappa shape index (κ2) is 7.34. The summed E-state index contributed by atoms with van der Waals surface area (Å²) in [5.74, 6) is 1.97. The lowest BCUT2D eigenvalue weighted by Gasteiger charge is -2.28. The van der Waals surface area contributed by atoms with Crippen LogP contribution in [0.3, 0.4) is 0 Å². The molecule has 0 spiro atoms. The smallest absolute Gasteiger partial charge is 0.149 e. The van der Waals surface area contributed by atoms with Crippen molar-refractivity contribution in [2.75, 3.05) is 43.6 Å². The number of rotatable bonds is 5. The van der Waals surface area contributed by atoms with Crippen LogP contribution in [0.5, 0.6) is 0 Å². The average Bonchev–Trinajstić information content (AvgIpc) is 2.43. The molecule has 1 unspecified atom stereocenters. The summed E-state index contributed by atoms with van der Waals surface area (Å²) in [6.07, 6.45) is 2.32. The maximum Gasteiger partial charge on any atom is 0.149 e. The molecule has 1 aliphatic rings. The summed E-state index contributed by atoms with van der Waals surface area (Å²) in [6, 6.07) is 1.75. The topological polar surface area (TPSA) is 37.4 Å². The molecule has 1 aromatic heterocycles. The van der Waals surface area contributed by atoms with E-state index in [2.05, 4.69) is 15.2 Å². The first-order valence-electron chi connectivity index (χ1n) is 7.00. The Morgan fingerprint density at radius 3 is 2.90 bits per heavy atom. The van der Waals surface area contributed by atoms with E-state index < -0.39 is 0 Å². The highest BCUT2D eigenvalue weighted by Gasteiger charge is 2.19. The van der Waals surface area contributed by atoms with Crippen molar-refractivity contribution in [2.45, 2.75) is 19.8 Å². The summed E-state index contributed by atoms with van der Waals surface area (Å²) in [5.41, 5.74) is 0. The van der Waals surface area contributed by atoms with Crippen LogP contribution in [0.25, 0.3) is 0 Å². The summed E-state index contributed by atoms with van der Waals surface area (Å²) in [6.45, 7) is 5.36. The van der Waals surface area contributed by atoms with E-state index in [1.807, 2.05) is 14.0 Å². The van der Waals surface area contributed by atoms with Crippen molar-refractivity contribution in [1.82, 2.24) is 4.98 Å². The fourth-order valence-corrected chi connectivity index (χ4v) is 3.01. The van der Waals surface area contributed by atoms with Gasteiger partial charge in [0.2, 0.25) is 0 Å². The van der Waals surface area contributed by atoms with E-state index in [-0.39, 0.29) is 0 Å². The molecule has 0 bridgehead atoms. The van der Waals surface area contributed by atoms with Crippen LogP contribution in [0.4, 0.5) is 11.6 Å². The molecule has 0 aromatic carbocycles. The molecular weight excluding hydrogens is 297 g/mol. The highest BCUT2D eigenvalue weighted by Crippen LogP contribution is 2.31. The lowest BCUT2D eigenvalue weighted by Crippen LogP contribution is -2.31. The maximum absolute atomic E-state index is 6.27. The Labute approximate surface area is 130 Å². The predicted octanol–water partition coefficient (Wildman–Crippen LogP) is 3.68. The first-order chi connectivity index (χ1) is 9.61. The largest absolute Gasteiger partial charge is 0.381 e. The maximum atomic E-state index is 6.27. The van der Waals surface area contributed by atoms with Gasteiger partial charge < -0.3 is 15.0 Å². The highest BCUT2D eigenvalue weighted by molar-refractivity contribution is 6.37. The van der Waals surface area contributed by atoms with Gasteiger partial charge in [-0.1, -0.05) is 23.2 Å². The van der Waals surface area contributed by atoms with Crippen LogP contribution in [0.2, 0.25) is 10.0 Å². The van der Waals surface area contributed by atoms with Gasteiger partial charge in [-0.25, -0.2) is 4.98 Å². The lowest BCUT2D eigenvalue weighted by atomic mass is 10.0. The molecule has 20 heavy (non-hydrogen) atoms. The molecule has 1 fully saturated rings. The zero-order valence-electron chi connectivity index (χ0n) is 12.0. The summed E-state index contributed by atoms with van der Waals surface area (Å²) in [7, 11) is 2.01. The van der Waals surface area contributed by atoms with E-state index in [9.17, 15) is 0 Å². The van der Waals surface area contributed by atoms with Crippen LogP contribution in [0.1, 0.15) is 19.8 Å². The summed E-state index contributed by atoms with van der Waals surface area (Å²) < 4.78 is 5.52. The van der Waals surface area contributed by atoms with E-state index in [4.69, 9.17) is 27.9 Å². The molecule has 0 saturated carbocycles. The number of hydrogen-bond donors (Lipinski definition) is 1. The lowest BCUT2D eigenvalue weighted by molar-refractivity contribution is 0.0576. The van der Waals surface area contributed by atoms with Gasteiger partial charge in [-0.05, 0) is 31.7 Å². The Bertz CT molecular complexity index is 450. The van der Waals surface area contributed by atoms with E-state index in [0.717, 1.165) is 38.5 Å². The fourth-order valence-electron chi connectivity index (χ4n) is 2.44.